The molecule has 0 saturated carbocycles. The molecular weight excluding hydrogens is 404 g/mol. The van der Waals surface area contributed by atoms with Gasteiger partial charge in [0.2, 0.25) is 5.91 Å². The maximum Gasteiger partial charge on any atom is 0.318 e. The maximum atomic E-state index is 13.4. The molecule has 5 rings (SSSR count). The van der Waals surface area contributed by atoms with E-state index < -0.39 is 11.9 Å². The van der Waals surface area contributed by atoms with Gasteiger partial charge in [0.05, 0.1) is 19.8 Å². The lowest BCUT2D eigenvalue weighted by Crippen LogP contribution is -2.52. The van der Waals surface area contributed by atoms with E-state index in [1.165, 1.54) is 18.1 Å². The van der Waals surface area contributed by atoms with E-state index in [1.54, 1.807) is 0 Å². The van der Waals surface area contributed by atoms with Gasteiger partial charge in [0.25, 0.3) is 0 Å². The molecule has 0 bridgehead atoms. The number of benzene rings is 2. The normalized spacial score (nSPS) is 22.5. The second-order valence-electron chi connectivity index (χ2n) is 8.68. The molecule has 3 heterocycles. The Kier molecular flexibility index (Phi) is 5.70. The van der Waals surface area contributed by atoms with Crippen LogP contribution in [0.25, 0.3) is 10.9 Å². The fourth-order valence-electron chi connectivity index (χ4n) is 5.33. The van der Waals surface area contributed by atoms with Gasteiger partial charge in [0.1, 0.15) is 5.92 Å². The largest absolute Gasteiger partial charge is 0.468 e. The lowest BCUT2D eigenvalue weighted by atomic mass is 9.76. The van der Waals surface area contributed by atoms with Crippen molar-refractivity contribution in [2.75, 3.05) is 20.3 Å². The van der Waals surface area contributed by atoms with Gasteiger partial charge in [-0.2, -0.15) is 0 Å². The highest BCUT2D eigenvalue weighted by Crippen LogP contribution is 2.44. The highest BCUT2D eigenvalue weighted by atomic mass is 16.5. The van der Waals surface area contributed by atoms with E-state index in [1.807, 2.05) is 41.3 Å². The van der Waals surface area contributed by atoms with Gasteiger partial charge in [-0.1, -0.05) is 48.5 Å². The second-order valence-corrected chi connectivity index (χ2v) is 8.68. The Morgan fingerprint density at radius 2 is 1.91 bits per heavy atom. The number of carbonyl (C=O) groups is 2. The van der Waals surface area contributed by atoms with Crippen LogP contribution < -0.4 is 0 Å². The molecule has 0 unspecified atom stereocenters. The number of methoxy groups -OCH3 is 1. The molecule has 3 aromatic rings. The molecule has 0 aliphatic carbocycles. The van der Waals surface area contributed by atoms with Crippen LogP contribution in [0.1, 0.15) is 35.7 Å². The zero-order valence-electron chi connectivity index (χ0n) is 18.3. The summed E-state index contributed by atoms with van der Waals surface area (Å²) in [4.78, 5) is 31.4. The maximum absolute atomic E-state index is 13.4. The Hall–Kier alpha value is -3.12. The van der Waals surface area contributed by atoms with Crippen LogP contribution in [0.3, 0.4) is 0 Å². The van der Waals surface area contributed by atoms with Crippen molar-refractivity contribution in [1.82, 2.24) is 9.88 Å². The Balaban J connectivity index is 1.36. The summed E-state index contributed by atoms with van der Waals surface area (Å²) < 4.78 is 10.9. The number of hydrogen-bond acceptors (Lipinski definition) is 4. The van der Waals surface area contributed by atoms with Crippen LogP contribution in [0.4, 0.5) is 0 Å². The van der Waals surface area contributed by atoms with Gasteiger partial charge in [-0.25, -0.2) is 0 Å². The quantitative estimate of drug-likeness (QED) is 0.363. The zero-order chi connectivity index (χ0) is 22.1. The summed E-state index contributed by atoms with van der Waals surface area (Å²) in [6.07, 6.45) is 2.15. The number of fused-ring (bicyclic) bond motifs is 5. The molecule has 1 fully saturated rings. The van der Waals surface area contributed by atoms with Crippen molar-refractivity contribution in [2.24, 2.45) is 11.8 Å². The van der Waals surface area contributed by atoms with Crippen molar-refractivity contribution in [2.45, 2.75) is 31.9 Å². The van der Waals surface area contributed by atoms with E-state index in [-0.39, 0.29) is 17.9 Å². The monoisotopic (exact) mass is 432 g/mol. The van der Waals surface area contributed by atoms with Crippen LogP contribution in [0.5, 0.6) is 0 Å². The first kappa shape index (κ1) is 20.8. The molecule has 3 atom stereocenters. The van der Waals surface area contributed by atoms with E-state index in [0.717, 1.165) is 29.6 Å². The molecule has 2 aliphatic rings. The van der Waals surface area contributed by atoms with E-state index in [4.69, 9.17) is 9.47 Å². The topological polar surface area (TPSA) is 71.6 Å². The van der Waals surface area contributed by atoms with Crippen LogP contribution in [-0.2, 0) is 32.1 Å². The van der Waals surface area contributed by atoms with Crippen LogP contribution in [0, 0.1) is 11.8 Å². The van der Waals surface area contributed by atoms with Gasteiger partial charge in [-0.15, -0.1) is 0 Å². The Morgan fingerprint density at radius 1 is 1.12 bits per heavy atom. The molecule has 2 aliphatic heterocycles. The summed E-state index contributed by atoms with van der Waals surface area (Å²) in [6, 6.07) is 18.3. The number of ether oxygens (including phenoxy) is 2. The summed E-state index contributed by atoms with van der Waals surface area (Å²) in [5.74, 6) is -1.44. The molecule has 1 amide bonds. The Bertz CT molecular complexity index is 1120. The summed E-state index contributed by atoms with van der Waals surface area (Å²) in [5, 5.41) is 1.23. The molecular formula is C26H28N2O4. The number of nitrogens with zero attached hydrogens (tertiary/aromatic N) is 1. The Morgan fingerprint density at radius 3 is 2.72 bits per heavy atom. The fourth-order valence-corrected chi connectivity index (χ4v) is 5.33. The molecule has 1 saturated heterocycles. The van der Waals surface area contributed by atoms with Crippen LogP contribution in [0.2, 0.25) is 0 Å². The number of hydrogen-bond donors (Lipinski definition) is 1. The summed E-state index contributed by atoms with van der Waals surface area (Å²) in [5.41, 5.74) is 4.62. The minimum atomic E-state index is -0.762. The van der Waals surface area contributed by atoms with Gasteiger partial charge in [-0.3, -0.25) is 9.59 Å². The first-order valence-electron chi connectivity index (χ1n) is 11.3. The van der Waals surface area contributed by atoms with Gasteiger partial charge >= 0.3 is 5.97 Å². The van der Waals surface area contributed by atoms with Crippen LogP contribution in [0.15, 0.2) is 54.6 Å². The van der Waals surface area contributed by atoms with Crippen LogP contribution >= 0.6 is 0 Å². The molecule has 1 N–H and O–H groups in total. The molecule has 166 valence electrons. The highest BCUT2D eigenvalue weighted by molar-refractivity contribution is 5.99. The van der Waals surface area contributed by atoms with Gasteiger partial charge in [-0.05, 0) is 42.4 Å². The van der Waals surface area contributed by atoms with Crippen molar-refractivity contribution in [1.29, 1.82) is 0 Å². The number of carbonyl (C=O) groups excluding carboxylic acids is 2. The predicted molar refractivity (Wildman–Crippen MR) is 121 cm³/mol. The Labute approximate surface area is 187 Å². The molecule has 0 radical (unpaired) electrons. The summed E-state index contributed by atoms with van der Waals surface area (Å²) in [7, 11) is 1.36. The average Bonchev–Trinajstić information content (AvgIpc) is 3.21. The number of esters is 1. The SMILES string of the molecule is COC(=O)[C@H]1C(=O)N2CCc3c([nH]c4ccccc34)[C@@H]2C[C@@H]1CCOCc1ccccc1. The molecule has 32 heavy (non-hydrogen) atoms. The number of rotatable bonds is 6. The lowest BCUT2D eigenvalue weighted by Gasteiger charge is -2.45. The molecule has 6 nitrogen and oxygen atoms in total. The lowest BCUT2D eigenvalue weighted by molar-refractivity contribution is -0.163. The van der Waals surface area contributed by atoms with E-state index in [9.17, 15) is 9.59 Å². The molecule has 0 spiro atoms. The number of amides is 1. The first-order valence-corrected chi connectivity index (χ1v) is 11.3. The summed E-state index contributed by atoms with van der Waals surface area (Å²) in [6.45, 7) is 1.64. The van der Waals surface area contributed by atoms with E-state index >= 15 is 0 Å². The number of aromatic amines is 1. The minimum Gasteiger partial charge on any atom is -0.468 e. The number of H-pyrrole nitrogens is 1. The average molecular weight is 433 g/mol. The van der Waals surface area contributed by atoms with Crippen molar-refractivity contribution >= 4 is 22.8 Å². The standard InChI is InChI=1S/C26H28N2O4/c1-31-26(30)23-18(12-14-32-16-17-7-3-2-4-8-17)15-22-24-20(11-13-28(22)25(23)29)19-9-5-6-10-21(19)27-24/h2-10,18,22-23,27H,11-16H2,1H3/t18-,22-,23+/m0/s1. The highest BCUT2D eigenvalue weighted by Gasteiger charge is 2.48. The van der Waals surface area contributed by atoms with Crippen molar-refractivity contribution in [3.05, 3.63) is 71.4 Å². The molecule has 6 heteroatoms. The van der Waals surface area contributed by atoms with Gasteiger partial charge < -0.3 is 19.4 Å². The smallest absolute Gasteiger partial charge is 0.318 e. The van der Waals surface area contributed by atoms with E-state index in [0.29, 0.717) is 26.2 Å². The summed E-state index contributed by atoms with van der Waals surface area (Å²) >= 11 is 0. The first-order chi connectivity index (χ1) is 15.7. The number of aromatic nitrogens is 1. The van der Waals surface area contributed by atoms with Crippen molar-refractivity contribution < 1.29 is 19.1 Å². The van der Waals surface area contributed by atoms with Gasteiger partial charge in [0, 0.05) is 29.7 Å². The number of para-hydroxylation sites is 1. The van der Waals surface area contributed by atoms with Crippen molar-refractivity contribution in [3.63, 3.8) is 0 Å². The number of piperidine rings is 1. The predicted octanol–water partition coefficient (Wildman–Crippen LogP) is 4.01. The third-order valence-electron chi connectivity index (χ3n) is 6.90. The van der Waals surface area contributed by atoms with Crippen molar-refractivity contribution in [3.8, 4) is 0 Å². The minimum absolute atomic E-state index is 0.0429. The molecule has 1 aromatic heterocycles. The van der Waals surface area contributed by atoms with E-state index in [2.05, 4.69) is 23.2 Å². The van der Waals surface area contributed by atoms with Crippen LogP contribution in [-0.4, -0.2) is 42.0 Å². The third-order valence-corrected chi connectivity index (χ3v) is 6.90. The van der Waals surface area contributed by atoms with Gasteiger partial charge in [0.15, 0.2) is 0 Å². The molecule has 2 aromatic carbocycles. The second kappa shape index (κ2) is 8.79. The third kappa shape index (κ3) is 3.69. The number of nitrogens with one attached hydrogen (secondary N) is 1. The fraction of sp³-hybridized carbons (Fsp3) is 0.385. The zero-order valence-corrected chi connectivity index (χ0v) is 18.3.